The smallest absolute Gasteiger partial charge is 0.255 e. The number of aryl methyl sites for hydroxylation is 3. The van der Waals surface area contributed by atoms with Crippen LogP contribution in [-0.2, 0) is 7.05 Å². The molecule has 3 rings (SSSR count). The van der Waals surface area contributed by atoms with Crippen molar-refractivity contribution in [1.29, 1.82) is 0 Å². The number of carbonyl (C=O) groups is 1. The van der Waals surface area contributed by atoms with Crippen LogP contribution >= 0.6 is 24.8 Å². The average Bonchev–Trinajstić information content (AvgIpc) is 2.73. The molecule has 23 heavy (non-hydrogen) atoms. The van der Waals surface area contributed by atoms with Crippen molar-refractivity contribution in [1.82, 2.24) is 25.0 Å². The van der Waals surface area contributed by atoms with Crippen molar-refractivity contribution in [2.24, 2.45) is 7.05 Å². The van der Waals surface area contributed by atoms with Crippen molar-refractivity contribution in [3.8, 4) is 0 Å². The normalized spacial score (nSPS) is 17.6. The number of carbonyl (C=O) groups excluding carboxylic acids is 1. The van der Waals surface area contributed by atoms with Crippen molar-refractivity contribution in [3.05, 3.63) is 23.0 Å². The molecule has 1 aliphatic rings. The first-order valence-electron chi connectivity index (χ1n) is 7.31. The number of nitrogens with one attached hydrogen (secondary N) is 1. The van der Waals surface area contributed by atoms with Gasteiger partial charge >= 0.3 is 0 Å². The van der Waals surface area contributed by atoms with Gasteiger partial charge in [-0.25, -0.2) is 4.98 Å². The zero-order chi connectivity index (χ0) is 15.1. The summed E-state index contributed by atoms with van der Waals surface area (Å²) in [6.07, 6.45) is 0. The third kappa shape index (κ3) is 3.44. The van der Waals surface area contributed by atoms with Crippen LogP contribution in [0.1, 0.15) is 28.7 Å². The molecular formula is C15H23Cl2N5O. The van der Waals surface area contributed by atoms with Crippen LogP contribution in [0.4, 0.5) is 0 Å². The molecule has 0 unspecified atom stereocenters. The zero-order valence-corrected chi connectivity index (χ0v) is 15.4. The molecule has 3 heterocycles. The highest BCUT2D eigenvalue weighted by atomic mass is 35.5. The topological polar surface area (TPSA) is 63.1 Å². The highest BCUT2D eigenvalue weighted by Crippen LogP contribution is 2.23. The third-order valence-electron chi connectivity index (χ3n) is 4.09. The summed E-state index contributed by atoms with van der Waals surface area (Å²) in [5.74, 6) is 0.0793. The predicted molar refractivity (Wildman–Crippen MR) is 95.8 cm³/mol. The number of fused-ring (bicyclic) bond motifs is 1. The fourth-order valence-corrected chi connectivity index (χ4v) is 3.04. The molecule has 0 spiro atoms. The van der Waals surface area contributed by atoms with Gasteiger partial charge in [0, 0.05) is 38.4 Å². The molecule has 0 saturated carbocycles. The lowest BCUT2D eigenvalue weighted by molar-refractivity contribution is 0.0657. The van der Waals surface area contributed by atoms with Crippen LogP contribution in [0.5, 0.6) is 0 Å². The number of nitrogens with zero attached hydrogens (tertiary/aromatic N) is 4. The van der Waals surface area contributed by atoms with E-state index in [0.29, 0.717) is 0 Å². The summed E-state index contributed by atoms with van der Waals surface area (Å²) in [5, 5.41) is 8.60. The lowest BCUT2D eigenvalue weighted by Crippen LogP contribution is -2.52. The number of pyridine rings is 1. The first-order valence-corrected chi connectivity index (χ1v) is 7.31. The maximum Gasteiger partial charge on any atom is 0.255 e. The van der Waals surface area contributed by atoms with Gasteiger partial charge in [-0.05, 0) is 26.8 Å². The second-order valence-corrected chi connectivity index (χ2v) is 5.77. The van der Waals surface area contributed by atoms with Crippen LogP contribution < -0.4 is 5.32 Å². The van der Waals surface area contributed by atoms with E-state index < -0.39 is 0 Å². The number of hydrogen-bond acceptors (Lipinski definition) is 4. The Hall–Kier alpha value is -1.37. The number of aromatic nitrogens is 3. The lowest BCUT2D eigenvalue weighted by atomic mass is 10.1. The van der Waals surface area contributed by atoms with Crippen LogP contribution in [-0.4, -0.2) is 51.2 Å². The molecule has 128 valence electrons. The van der Waals surface area contributed by atoms with Gasteiger partial charge < -0.3 is 10.2 Å². The van der Waals surface area contributed by atoms with Gasteiger partial charge in [0.25, 0.3) is 5.91 Å². The molecular weight excluding hydrogens is 337 g/mol. The van der Waals surface area contributed by atoms with E-state index >= 15 is 0 Å². The molecule has 1 fully saturated rings. The summed E-state index contributed by atoms with van der Waals surface area (Å²) in [5.41, 5.74) is 3.19. The first kappa shape index (κ1) is 19.7. The van der Waals surface area contributed by atoms with Crippen LogP contribution in [0.15, 0.2) is 6.07 Å². The van der Waals surface area contributed by atoms with Gasteiger partial charge in [0.15, 0.2) is 5.65 Å². The Labute approximate surface area is 148 Å². The molecule has 0 radical (unpaired) electrons. The maximum atomic E-state index is 13.0. The van der Waals surface area contributed by atoms with Crippen LogP contribution in [0.2, 0.25) is 0 Å². The number of rotatable bonds is 1. The van der Waals surface area contributed by atoms with Crippen LogP contribution in [0.25, 0.3) is 11.0 Å². The van der Waals surface area contributed by atoms with Crippen LogP contribution in [0.3, 0.4) is 0 Å². The SMILES string of the molecule is Cc1cc(C(=O)N2CCNC[C@@H]2C)c2c(C)nn(C)c2n1.Cl.Cl. The predicted octanol–water partition coefficient (Wildman–Crippen LogP) is 1.86. The molecule has 0 aliphatic carbocycles. The minimum atomic E-state index is 0. The Morgan fingerprint density at radius 1 is 1.35 bits per heavy atom. The molecule has 2 aromatic heterocycles. The van der Waals surface area contributed by atoms with Crippen molar-refractivity contribution in [2.45, 2.75) is 26.8 Å². The van der Waals surface area contributed by atoms with Gasteiger partial charge in [-0.3, -0.25) is 9.48 Å². The third-order valence-corrected chi connectivity index (χ3v) is 4.09. The second kappa shape index (κ2) is 7.47. The molecule has 0 bridgehead atoms. The molecule has 1 aliphatic heterocycles. The molecule has 8 heteroatoms. The minimum Gasteiger partial charge on any atom is -0.333 e. The standard InChI is InChI=1S/C15H21N5O.2ClH/c1-9-7-12(13-11(3)18-19(4)14(13)17-9)15(21)20-6-5-16-8-10(20)2;;/h7,10,16H,5-6,8H2,1-4H3;2*1H/t10-;;/m0../s1. The van der Waals surface area contributed by atoms with E-state index in [1.54, 1.807) is 4.68 Å². The number of hydrogen-bond donors (Lipinski definition) is 1. The summed E-state index contributed by atoms with van der Waals surface area (Å²) in [6.45, 7) is 8.34. The van der Waals surface area contributed by atoms with E-state index in [0.717, 1.165) is 47.6 Å². The fourth-order valence-electron chi connectivity index (χ4n) is 3.04. The largest absolute Gasteiger partial charge is 0.333 e. The van der Waals surface area contributed by atoms with E-state index in [4.69, 9.17) is 0 Å². The molecule has 6 nitrogen and oxygen atoms in total. The summed E-state index contributed by atoms with van der Waals surface area (Å²) < 4.78 is 1.75. The average molecular weight is 360 g/mol. The zero-order valence-electron chi connectivity index (χ0n) is 13.8. The van der Waals surface area contributed by atoms with E-state index in [-0.39, 0.29) is 36.8 Å². The Morgan fingerprint density at radius 3 is 2.70 bits per heavy atom. The quantitative estimate of drug-likeness (QED) is 0.843. The summed E-state index contributed by atoms with van der Waals surface area (Å²) in [7, 11) is 1.86. The first-order chi connectivity index (χ1) is 9.99. The van der Waals surface area contributed by atoms with E-state index in [9.17, 15) is 4.79 Å². The summed E-state index contributed by atoms with van der Waals surface area (Å²) in [6, 6.07) is 2.08. The Bertz CT molecular complexity index is 715. The highest BCUT2D eigenvalue weighted by Gasteiger charge is 2.27. The van der Waals surface area contributed by atoms with Gasteiger partial charge in [0.05, 0.1) is 16.6 Å². The highest BCUT2D eigenvalue weighted by molar-refractivity contribution is 6.06. The maximum absolute atomic E-state index is 13.0. The molecule has 1 amide bonds. The van der Waals surface area contributed by atoms with Gasteiger partial charge in [0.1, 0.15) is 0 Å². The van der Waals surface area contributed by atoms with Crippen molar-refractivity contribution >= 4 is 41.8 Å². The van der Waals surface area contributed by atoms with E-state index in [1.807, 2.05) is 31.9 Å². The van der Waals surface area contributed by atoms with Crippen molar-refractivity contribution in [3.63, 3.8) is 0 Å². The monoisotopic (exact) mass is 359 g/mol. The second-order valence-electron chi connectivity index (χ2n) is 5.77. The Kier molecular flexibility index (Phi) is 6.39. The Morgan fingerprint density at radius 2 is 2.04 bits per heavy atom. The van der Waals surface area contributed by atoms with Crippen molar-refractivity contribution < 1.29 is 4.79 Å². The molecule has 0 aromatic carbocycles. The summed E-state index contributed by atoms with van der Waals surface area (Å²) in [4.78, 5) is 19.4. The van der Waals surface area contributed by atoms with Crippen LogP contribution in [0, 0.1) is 13.8 Å². The van der Waals surface area contributed by atoms with Gasteiger partial charge in [0.2, 0.25) is 0 Å². The van der Waals surface area contributed by atoms with Gasteiger partial charge in [-0.15, -0.1) is 24.8 Å². The van der Waals surface area contributed by atoms with E-state index in [2.05, 4.69) is 22.3 Å². The fraction of sp³-hybridized carbons (Fsp3) is 0.533. The molecule has 1 N–H and O–H groups in total. The van der Waals surface area contributed by atoms with Gasteiger partial charge in [-0.2, -0.15) is 5.10 Å². The lowest BCUT2D eigenvalue weighted by Gasteiger charge is -2.34. The molecule has 1 atom stereocenters. The number of halogens is 2. The molecule has 1 saturated heterocycles. The molecule has 2 aromatic rings. The van der Waals surface area contributed by atoms with Crippen molar-refractivity contribution in [2.75, 3.05) is 19.6 Å². The Balaban J connectivity index is 0.00000132. The summed E-state index contributed by atoms with van der Waals surface area (Å²) >= 11 is 0. The van der Waals surface area contributed by atoms with Gasteiger partial charge in [-0.1, -0.05) is 0 Å². The number of amides is 1. The van der Waals surface area contributed by atoms with E-state index in [1.165, 1.54) is 0 Å². The number of piperazine rings is 1. The minimum absolute atomic E-state index is 0.